The molecule has 0 aliphatic heterocycles. The summed E-state index contributed by atoms with van der Waals surface area (Å²) < 4.78 is 5.72. The lowest BCUT2D eigenvalue weighted by Crippen LogP contribution is -2.31. The molecule has 0 bridgehead atoms. The quantitative estimate of drug-likeness (QED) is 0.595. The van der Waals surface area contributed by atoms with Gasteiger partial charge >= 0.3 is 0 Å². The number of unbranched alkanes of at least 4 members (excludes halogenated alkanes) is 1. The first kappa shape index (κ1) is 11.9. The van der Waals surface area contributed by atoms with Crippen molar-refractivity contribution in [3.8, 4) is 0 Å². The van der Waals surface area contributed by atoms with Gasteiger partial charge in [0.05, 0.1) is 6.10 Å². The summed E-state index contributed by atoms with van der Waals surface area (Å²) in [6.07, 6.45) is 2.76. The van der Waals surface area contributed by atoms with Crippen molar-refractivity contribution in [1.82, 2.24) is 5.32 Å². The highest BCUT2D eigenvalue weighted by molar-refractivity contribution is 4.64. The molecule has 0 heterocycles. The van der Waals surface area contributed by atoms with Gasteiger partial charge in [0.15, 0.2) is 0 Å². The standard InChI is InChI=1S/C10H23NO/c1-5-6-7-12-10(8-11-4)9(2)3/h9-11H,5-8H2,1-4H3. The van der Waals surface area contributed by atoms with Crippen LogP contribution in [0.1, 0.15) is 33.6 Å². The molecule has 0 fully saturated rings. The zero-order valence-corrected chi connectivity index (χ0v) is 8.89. The molecule has 0 aromatic heterocycles. The first-order valence-electron chi connectivity index (χ1n) is 4.98. The summed E-state index contributed by atoms with van der Waals surface area (Å²) in [6.45, 7) is 8.45. The Bertz CT molecular complexity index is 93.8. The van der Waals surface area contributed by atoms with Crippen molar-refractivity contribution in [2.45, 2.75) is 39.7 Å². The number of rotatable bonds is 7. The summed E-state index contributed by atoms with van der Waals surface area (Å²) in [4.78, 5) is 0. The zero-order chi connectivity index (χ0) is 9.40. The second kappa shape index (κ2) is 7.56. The lowest BCUT2D eigenvalue weighted by Gasteiger charge is -2.20. The average Bonchev–Trinajstić information content (AvgIpc) is 2.03. The summed E-state index contributed by atoms with van der Waals surface area (Å²) in [5.41, 5.74) is 0. The van der Waals surface area contributed by atoms with Crippen LogP contribution in [-0.4, -0.2) is 26.3 Å². The van der Waals surface area contributed by atoms with Crippen molar-refractivity contribution in [3.05, 3.63) is 0 Å². The number of ether oxygens (including phenoxy) is 1. The third-order valence-electron chi connectivity index (χ3n) is 1.98. The van der Waals surface area contributed by atoms with Gasteiger partial charge < -0.3 is 10.1 Å². The van der Waals surface area contributed by atoms with Gasteiger partial charge in [-0.1, -0.05) is 27.2 Å². The molecule has 0 spiro atoms. The van der Waals surface area contributed by atoms with Crippen molar-refractivity contribution >= 4 is 0 Å². The van der Waals surface area contributed by atoms with Gasteiger partial charge in [0, 0.05) is 13.2 Å². The van der Waals surface area contributed by atoms with Crippen molar-refractivity contribution in [3.63, 3.8) is 0 Å². The van der Waals surface area contributed by atoms with Crippen LogP contribution in [0.5, 0.6) is 0 Å². The molecule has 0 aliphatic carbocycles. The molecule has 0 radical (unpaired) electrons. The van der Waals surface area contributed by atoms with E-state index in [0.717, 1.165) is 13.2 Å². The number of hydrogen-bond acceptors (Lipinski definition) is 2. The van der Waals surface area contributed by atoms with Crippen LogP contribution < -0.4 is 5.32 Å². The first-order valence-corrected chi connectivity index (χ1v) is 4.98. The molecule has 0 saturated heterocycles. The van der Waals surface area contributed by atoms with E-state index in [0.29, 0.717) is 12.0 Å². The highest BCUT2D eigenvalue weighted by atomic mass is 16.5. The number of likely N-dealkylation sites (N-methyl/N-ethyl adjacent to an activating group) is 1. The van der Waals surface area contributed by atoms with E-state index in [9.17, 15) is 0 Å². The second-order valence-corrected chi connectivity index (χ2v) is 3.56. The third kappa shape index (κ3) is 5.56. The third-order valence-corrected chi connectivity index (χ3v) is 1.98. The topological polar surface area (TPSA) is 21.3 Å². The molecule has 74 valence electrons. The fourth-order valence-electron chi connectivity index (χ4n) is 1.07. The van der Waals surface area contributed by atoms with E-state index in [4.69, 9.17) is 4.74 Å². The van der Waals surface area contributed by atoms with Crippen LogP contribution in [0, 0.1) is 5.92 Å². The van der Waals surface area contributed by atoms with Gasteiger partial charge in [-0.25, -0.2) is 0 Å². The molecule has 2 nitrogen and oxygen atoms in total. The summed E-state index contributed by atoms with van der Waals surface area (Å²) in [7, 11) is 1.97. The predicted octanol–water partition coefficient (Wildman–Crippen LogP) is 2.05. The Hall–Kier alpha value is -0.0800. The largest absolute Gasteiger partial charge is 0.377 e. The normalized spacial score (nSPS) is 13.8. The molecule has 0 amide bonds. The minimum atomic E-state index is 0.376. The van der Waals surface area contributed by atoms with Gasteiger partial charge in [-0.2, -0.15) is 0 Å². The molecular weight excluding hydrogens is 150 g/mol. The highest BCUT2D eigenvalue weighted by Gasteiger charge is 2.11. The maximum Gasteiger partial charge on any atom is 0.0722 e. The SMILES string of the molecule is CCCCOC(CNC)C(C)C. The molecule has 0 aliphatic rings. The molecular formula is C10H23NO. The minimum absolute atomic E-state index is 0.376. The van der Waals surface area contributed by atoms with E-state index in [1.54, 1.807) is 0 Å². The van der Waals surface area contributed by atoms with Crippen molar-refractivity contribution in [2.24, 2.45) is 5.92 Å². The average molecular weight is 173 g/mol. The Labute approximate surface area is 76.7 Å². The van der Waals surface area contributed by atoms with E-state index in [-0.39, 0.29) is 0 Å². The van der Waals surface area contributed by atoms with E-state index in [1.165, 1.54) is 12.8 Å². The summed E-state index contributed by atoms with van der Waals surface area (Å²) in [5.74, 6) is 0.606. The summed E-state index contributed by atoms with van der Waals surface area (Å²) in [5, 5.41) is 3.15. The van der Waals surface area contributed by atoms with Crippen LogP contribution in [0.25, 0.3) is 0 Å². The maximum absolute atomic E-state index is 5.72. The molecule has 0 aromatic rings. The number of hydrogen-bond donors (Lipinski definition) is 1. The molecule has 12 heavy (non-hydrogen) atoms. The van der Waals surface area contributed by atoms with Crippen molar-refractivity contribution < 1.29 is 4.74 Å². The zero-order valence-electron chi connectivity index (χ0n) is 8.89. The van der Waals surface area contributed by atoms with Gasteiger partial charge in [-0.05, 0) is 19.4 Å². The molecule has 2 heteroatoms. The molecule has 0 rings (SSSR count). The van der Waals surface area contributed by atoms with Gasteiger partial charge in [0.25, 0.3) is 0 Å². The predicted molar refractivity (Wildman–Crippen MR) is 53.4 cm³/mol. The van der Waals surface area contributed by atoms with Gasteiger partial charge in [-0.3, -0.25) is 0 Å². The van der Waals surface area contributed by atoms with Gasteiger partial charge in [0.1, 0.15) is 0 Å². The Morgan fingerprint density at radius 3 is 2.42 bits per heavy atom. The Morgan fingerprint density at radius 2 is 2.00 bits per heavy atom. The van der Waals surface area contributed by atoms with E-state index >= 15 is 0 Å². The van der Waals surface area contributed by atoms with Gasteiger partial charge in [0.2, 0.25) is 0 Å². The number of nitrogens with one attached hydrogen (secondary N) is 1. The highest BCUT2D eigenvalue weighted by Crippen LogP contribution is 2.06. The van der Waals surface area contributed by atoms with E-state index < -0.39 is 0 Å². The van der Waals surface area contributed by atoms with Crippen LogP contribution in [-0.2, 0) is 4.74 Å². The molecule has 0 saturated carbocycles. The van der Waals surface area contributed by atoms with Crippen LogP contribution in [0.4, 0.5) is 0 Å². The summed E-state index contributed by atoms with van der Waals surface area (Å²) in [6, 6.07) is 0. The van der Waals surface area contributed by atoms with Crippen LogP contribution in [0.2, 0.25) is 0 Å². The van der Waals surface area contributed by atoms with Crippen LogP contribution in [0.15, 0.2) is 0 Å². The van der Waals surface area contributed by atoms with Crippen LogP contribution in [0.3, 0.4) is 0 Å². The Morgan fingerprint density at radius 1 is 1.33 bits per heavy atom. The molecule has 0 aromatic carbocycles. The Kier molecular flexibility index (Phi) is 7.51. The van der Waals surface area contributed by atoms with E-state index in [2.05, 4.69) is 26.1 Å². The maximum atomic E-state index is 5.72. The lowest BCUT2D eigenvalue weighted by molar-refractivity contribution is 0.0226. The second-order valence-electron chi connectivity index (χ2n) is 3.56. The molecule has 1 atom stereocenters. The molecule has 1 N–H and O–H groups in total. The minimum Gasteiger partial charge on any atom is -0.377 e. The van der Waals surface area contributed by atoms with E-state index in [1.807, 2.05) is 7.05 Å². The van der Waals surface area contributed by atoms with Crippen molar-refractivity contribution in [1.29, 1.82) is 0 Å². The summed E-state index contributed by atoms with van der Waals surface area (Å²) >= 11 is 0. The fraction of sp³-hybridized carbons (Fsp3) is 1.00. The van der Waals surface area contributed by atoms with Crippen molar-refractivity contribution in [2.75, 3.05) is 20.2 Å². The van der Waals surface area contributed by atoms with Gasteiger partial charge in [-0.15, -0.1) is 0 Å². The smallest absolute Gasteiger partial charge is 0.0722 e. The Balaban J connectivity index is 3.49. The first-order chi connectivity index (χ1) is 5.72. The molecule has 1 unspecified atom stereocenters. The lowest BCUT2D eigenvalue weighted by atomic mass is 10.1. The fourth-order valence-corrected chi connectivity index (χ4v) is 1.07. The monoisotopic (exact) mass is 173 g/mol. The van der Waals surface area contributed by atoms with Crippen LogP contribution >= 0.6 is 0 Å².